The van der Waals surface area contributed by atoms with Gasteiger partial charge in [0.2, 0.25) is 0 Å². The summed E-state index contributed by atoms with van der Waals surface area (Å²) >= 11 is 0. The molecule has 0 aliphatic rings. The van der Waals surface area contributed by atoms with E-state index in [9.17, 15) is 0 Å². The lowest BCUT2D eigenvalue weighted by atomic mass is 9.99. The molecule has 2 radical (unpaired) electrons. The minimum absolute atomic E-state index is 0.748. The van der Waals surface area contributed by atoms with Crippen LogP contribution in [0.4, 0.5) is 0 Å². The van der Waals surface area contributed by atoms with Crippen molar-refractivity contribution in [1.82, 2.24) is 29.8 Å². The summed E-state index contributed by atoms with van der Waals surface area (Å²) in [6, 6.07) is 21.0. The molecule has 0 saturated heterocycles. The van der Waals surface area contributed by atoms with Crippen LogP contribution in [0.25, 0.3) is 55.4 Å². The maximum Gasteiger partial charge on any atom is 0.159 e. The van der Waals surface area contributed by atoms with Crippen molar-refractivity contribution in [1.29, 1.82) is 0 Å². The summed E-state index contributed by atoms with van der Waals surface area (Å²) in [5.74, 6) is 0.748. The molecule has 6 aromatic rings. The van der Waals surface area contributed by atoms with Crippen molar-refractivity contribution in [3.05, 3.63) is 78.6 Å². The van der Waals surface area contributed by atoms with E-state index < -0.39 is 7.95 Å². The van der Waals surface area contributed by atoms with Crippen molar-refractivity contribution < 1.29 is 0 Å². The number of hydrogen-bond acceptors (Lipinski definition) is 4. The van der Waals surface area contributed by atoms with Gasteiger partial charge in [0, 0.05) is 35.3 Å². The molecule has 8 heteroatoms. The summed E-state index contributed by atoms with van der Waals surface area (Å²) < 4.78 is 1.93. The monoisotopic (exact) mass is 474 g/mol. The number of fused-ring (bicyclic) bond motifs is 3. The molecule has 3 aromatic carbocycles. The first-order valence-electron chi connectivity index (χ1n) is 11.7. The van der Waals surface area contributed by atoms with Gasteiger partial charge in [0.15, 0.2) is 5.82 Å². The molecule has 170 valence electrons. The molecule has 0 bridgehead atoms. The molecule has 6 nitrogen and oxygen atoms in total. The molecule has 2 N–H and O–H groups in total. The van der Waals surface area contributed by atoms with E-state index in [1.54, 1.807) is 0 Å². The minimum atomic E-state index is -0.954. The summed E-state index contributed by atoms with van der Waals surface area (Å²) in [5.41, 5.74) is 7.11. The van der Waals surface area contributed by atoms with E-state index in [0.717, 1.165) is 68.6 Å². The Bertz CT molecular complexity index is 1680. The maximum atomic E-state index is 6.37. The summed E-state index contributed by atoms with van der Waals surface area (Å²) in [4.78, 5) is 13.0. The number of H-pyrrole nitrogens is 1. The van der Waals surface area contributed by atoms with Crippen molar-refractivity contribution in [2.45, 2.75) is 13.5 Å². The zero-order valence-electron chi connectivity index (χ0n) is 19.7. The van der Waals surface area contributed by atoms with Crippen LogP contribution < -0.4 is 5.32 Å². The van der Waals surface area contributed by atoms with Gasteiger partial charge in [0.25, 0.3) is 0 Å². The number of rotatable bonds is 6. The van der Waals surface area contributed by atoms with Gasteiger partial charge in [-0.15, -0.1) is 0 Å². The number of benzene rings is 3. The normalized spacial score (nSPS) is 12.6. The van der Waals surface area contributed by atoms with Crippen molar-refractivity contribution in [3.8, 4) is 22.6 Å². The fraction of sp³-hybridized carbons (Fsp3) is 0.148. The van der Waals surface area contributed by atoms with Crippen LogP contribution in [-0.4, -0.2) is 45.3 Å². The fourth-order valence-electron chi connectivity index (χ4n) is 4.64. The van der Waals surface area contributed by atoms with Gasteiger partial charge < -0.3 is 10.3 Å². The Hall–Kier alpha value is -3.54. The summed E-state index contributed by atoms with van der Waals surface area (Å²) in [5, 5.41) is 11.6. The number of aromatic nitrogens is 5. The van der Waals surface area contributed by atoms with Gasteiger partial charge in [-0.3, -0.25) is 9.44 Å². The second kappa shape index (κ2) is 8.92. The van der Waals surface area contributed by atoms with Gasteiger partial charge in [-0.2, -0.15) is 5.10 Å². The van der Waals surface area contributed by atoms with Crippen LogP contribution in [0, 0.1) is 0 Å². The average molecular weight is 474 g/mol. The highest BCUT2D eigenvalue weighted by atomic mass is 31.1. The highest BCUT2D eigenvalue weighted by Crippen LogP contribution is 2.39. The van der Waals surface area contributed by atoms with Gasteiger partial charge >= 0.3 is 0 Å². The molecule has 0 fully saturated rings. The van der Waals surface area contributed by atoms with Gasteiger partial charge in [0.05, 0.1) is 16.6 Å². The third-order valence-electron chi connectivity index (χ3n) is 6.33. The molecule has 3 aromatic heterocycles. The molecule has 1 atom stereocenters. The van der Waals surface area contributed by atoms with Gasteiger partial charge in [0.1, 0.15) is 13.3 Å². The highest BCUT2D eigenvalue weighted by molar-refractivity contribution is 7.80. The van der Waals surface area contributed by atoms with Crippen LogP contribution >= 0.6 is 7.95 Å². The molecule has 0 spiro atoms. The first kappa shape index (κ1) is 22.0. The van der Waals surface area contributed by atoms with E-state index in [1.807, 2.05) is 29.6 Å². The van der Waals surface area contributed by atoms with Crippen molar-refractivity contribution in [3.63, 3.8) is 0 Å². The first-order valence-corrected chi connectivity index (χ1v) is 13.5. The molecule has 3 heterocycles. The van der Waals surface area contributed by atoms with Crippen LogP contribution in [0.15, 0.2) is 73.1 Å². The Kier molecular flexibility index (Phi) is 5.59. The molecular formula is C27H24BN6P. The Morgan fingerprint density at radius 3 is 2.77 bits per heavy atom. The predicted molar refractivity (Wildman–Crippen MR) is 147 cm³/mol. The van der Waals surface area contributed by atoms with Crippen LogP contribution in [0.3, 0.4) is 0 Å². The number of pyridine rings is 1. The average Bonchev–Trinajstić information content (AvgIpc) is 3.48. The number of nitrogens with zero attached hydrogens (tertiary/aromatic N) is 4. The molecular weight excluding hydrogens is 450 g/mol. The SMILES string of the molecule is [B]P(C)n1nc(-c2nc3c(CNCC)cccc3[nH]2)c2cc(-c3cncc4ccccc34)ccc21. The van der Waals surface area contributed by atoms with Crippen LogP contribution in [0.1, 0.15) is 12.5 Å². The van der Waals surface area contributed by atoms with Crippen LogP contribution in [0.2, 0.25) is 0 Å². The van der Waals surface area contributed by atoms with E-state index in [0.29, 0.717) is 0 Å². The van der Waals surface area contributed by atoms with Crippen LogP contribution in [0.5, 0.6) is 0 Å². The van der Waals surface area contributed by atoms with Gasteiger partial charge in [-0.05, 0) is 55.9 Å². The quantitative estimate of drug-likeness (QED) is 0.234. The van der Waals surface area contributed by atoms with Crippen molar-refractivity contribution >= 4 is 48.2 Å². The highest BCUT2D eigenvalue weighted by Gasteiger charge is 2.19. The number of aromatic amines is 1. The first-order chi connectivity index (χ1) is 17.1. The summed E-state index contributed by atoms with van der Waals surface area (Å²) in [6.07, 6.45) is 3.83. The lowest BCUT2D eigenvalue weighted by Crippen LogP contribution is -2.11. The minimum Gasteiger partial charge on any atom is -0.337 e. The van der Waals surface area contributed by atoms with E-state index in [1.165, 1.54) is 5.39 Å². The van der Waals surface area contributed by atoms with Crippen molar-refractivity contribution in [2.75, 3.05) is 13.2 Å². The Morgan fingerprint density at radius 2 is 1.91 bits per heavy atom. The summed E-state index contributed by atoms with van der Waals surface area (Å²) in [6.45, 7) is 5.79. The third-order valence-corrected chi connectivity index (χ3v) is 7.23. The third kappa shape index (κ3) is 3.81. The van der Waals surface area contributed by atoms with Crippen LogP contribution in [-0.2, 0) is 6.54 Å². The topological polar surface area (TPSA) is 71.4 Å². The molecule has 0 saturated carbocycles. The zero-order valence-corrected chi connectivity index (χ0v) is 20.6. The fourth-order valence-corrected chi connectivity index (χ4v) is 5.38. The smallest absolute Gasteiger partial charge is 0.159 e. The van der Waals surface area contributed by atoms with Gasteiger partial charge in [-0.25, -0.2) is 4.98 Å². The van der Waals surface area contributed by atoms with E-state index in [4.69, 9.17) is 17.6 Å². The molecule has 0 aliphatic carbocycles. The predicted octanol–water partition coefficient (Wildman–Crippen LogP) is 5.86. The number of hydrogen-bond donors (Lipinski definition) is 2. The lowest BCUT2D eigenvalue weighted by molar-refractivity contribution is 0.730. The Balaban J connectivity index is 1.56. The lowest BCUT2D eigenvalue weighted by Gasteiger charge is -2.09. The van der Waals surface area contributed by atoms with E-state index in [2.05, 4.69) is 76.8 Å². The van der Waals surface area contributed by atoms with E-state index >= 15 is 0 Å². The largest absolute Gasteiger partial charge is 0.337 e. The molecule has 0 aliphatic heterocycles. The number of nitrogens with one attached hydrogen (secondary N) is 2. The second-order valence-corrected chi connectivity index (χ2v) is 10.2. The Morgan fingerprint density at radius 1 is 1.03 bits per heavy atom. The molecule has 1 unspecified atom stereocenters. The standard InChI is InChI=1S/C27H24BN6P/c1-3-29-15-19-8-6-10-23-25(19)32-27(31-23)26-21-13-17(11-12-24(21)34(33-26)35(2)28)22-16-30-14-18-7-4-5-9-20(18)22/h4-14,16,29H,3,15H2,1-2H3,(H,31,32). The molecule has 6 rings (SSSR count). The number of para-hydroxylation sites is 1. The zero-order chi connectivity index (χ0) is 23.9. The summed E-state index contributed by atoms with van der Waals surface area (Å²) in [7, 11) is 5.41. The Labute approximate surface area is 206 Å². The van der Waals surface area contributed by atoms with E-state index in [-0.39, 0.29) is 0 Å². The maximum absolute atomic E-state index is 6.37. The molecule has 0 amide bonds. The molecule has 35 heavy (non-hydrogen) atoms. The van der Waals surface area contributed by atoms with Crippen molar-refractivity contribution in [2.24, 2.45) is 0 Å². The second-order valence-electron chi connectivity index (χ2n) is 8.63. The number of imidazole rings is 1. The van der Waals surface area contributed by atoms with Gasteiger partial charge in [-0.1, -0.05) is 49.4 Å².